The van der Waals surface area contributed by atoms with Gasteiger partial charge in [0.25, 0.3) is 0 Å². The molecule has 0 aromatic heterocycles. The van der Waals surface area contributed by atoms with Gasteiger partial charge in [-0.05, 0) is 61.1 Å². The van der Waals surface area contributed by atoms with E-state index in [0.717, 1.165) is 36.1 Å². The summed E-state index contributed by atoms with van der Waals surface area (Å²) in [5.41, 5.74) is 7.05. The highest BCUT2D eigenvalue weighted by Crippen LogP contribution is 2.44. The number of carbonyl (C=O) groups is 2. The maximum Gasteiger partial charge on any atom is 0.161 e. The molecule has 2 aromatic carbocycles. The minimum atomic E-state index is -0.0527. The van der Waals surface area contributed by atoms with Crippen LogP contribution in [0.1, 0.15) is 57.3 Å². The second-order valence-electron chi connectivity index (χ2n) is 6.47. The molecule has 0 saturated carbocycles. The molecule has 1 aliphatic heterocycles. The van der Waals surface area contributed by atoms with Crippen LogP contribution in [0.25, 0.3) is 11.1 Å². The highest BCUT2D eigenvalue weighted by molar-refractivity contribution is 6.12. The van der Waals surface area contributed by atoms with Gasteiger partial charge in [0.1, 0.15) is 0 Å². The predicted molar refractivity (Wildman–Crippen MR) is 90.0 cm³/mol. The molecule has 4 rings (SSSR count). The van der Waals surface area contributed by atoms with E-state index >= 15 is 0 Å². The van der Waals surface area contributed by atoms with Crippen molar-refractivity contribution >= 4 is 11.6 Å². The summed E-state index contributed by atoms with van der Waals surface area (Å²) in [7, 11) is 0. The van der Waals surface area contributed by atoms with E-state index in [4.69, 9.17) is 0 Å². The van der Waals surface area contributed by atoms with Crippen LogP contribution in [0.5, 0.6) is 0 Å². The molecule has 0 spiro atoms. The van der Waals surface area contributed by atoms with E-state index in [1.807, 2.05) is 12.1 Å². The van der Waals surface area contributed by atoms with Gasteiger partial charge in [0.15, 0.2) is 11.6 Å². The zero-order valence-electron chi connectivity index (χ0n) is 13.4. The summed E-state index contributed by atoms with van der Waals surface area (Å²) < 4.78 is 0. The number of hydrogen-bond donors (Lipinski definition) is 1. The van der Waals surface area contributed by atoms with E-state index < -0.39 is 0 Å². The fourth-order valence-corrected chi connectivity index (χ4v) is 4.12. The van der Waals surface area contributed by atoms with Crippen molar-refractivity contribution in [1.82, 2.24) is 5.32 Å². The number of hydrogen-bond acceptors (Lipinski definition) is 3. The molecular formula is C20H19NO2. The number of fused-ring (bicyclic) bond motifs is 2. The Balaban J connectivity index is 2.08. The molecule has 1 aliphatic carbocycles. The van der Waals surface area contributed by atoms with Gasteiger partial charge in [-0.15, -0.1) is 0 Å². The molecular weight excluding hydrogens is 286 g/mol. The van der Waals surface area contributed by atoms with Crippen LogP contribution in [0, 0.1) is 0 Å². The van der Waals surface area contributed by atoms with Crippen LogP contribution < -0.4 is 5.32 Å². The lowest BCUT2D eigenvalue weighted by Crippen LogP contribution is -2.34. The van der Waals surface area contributed by atoms with Gasteiger partial charge in [0, 0.05) is 17.2 Å². The first-order valence-corrected chi connectivity index (χ1v) is 8.11. The standard InChI is InChI=1S/C20H19NO2/c1-11(22)15-7-6-14-10-17-19-13(8-9-21-17)4-3-5-16(19)20(14)18(15)12(2)23/h3-7,17,21H,8-10H2,1-2H3. The SMILES string of the molecule is CC(=O)c1ccc2c(c1C(C)=O)-c1cccc3c1C(C2)NCC3. The van der Waals surface area contributed by atoms with Crippen LogP contribution in [0.4, 0.5) is 0 Å². The van der Waals surface area contributed by atoms with Gasteiger partial charge >= 0.3 is 0 Å². The second kappa shape index (κ2) is 5.14. The zero-order chi connectivity index (χ0) is 16.1. The Kier molecular flexibility index (Phi) is 3.20. The van der Waals surface area contributed by atoms with Gasteiger partial charge in [-0.3, -0.25) is 9.59 Å². The molecule has 116 valence electrons. The first-order chi connectivity index (χ1) is 11.1. The molecule has 3 nitrogen and oxygen atoms in total. The third kappa shape index (κ3) is 2.07. The molecule has 0 bridgehead atoms. The molecule has 0 radical (unpaired) electrons. The highest BCUT2D eigenvalue weighted by atomic mass is 16.1. The monoisotopic (exact) mass is 305 g/mol. The average Bonchev–Trinajstić information content (AvgIpc) is 2.54. The van der Waals surface area contributed by atoms with Crippen molar-refractivity contribution in [2.75, 3.05) is 6.54 Å². The van der Waals surface area contributed by atoms with E-state index in [-0.39, 0.29) is 11.6 Å². The van der Waals surface area contributed by atoms with Crippen molar-refractivity contribution < 1.29 is 9.59 Å². The lowest BCUT2D eigenvalue weighted by molar-refractivity contribution is 0.0981. The fraction of sp³-hybridized carbons (Fsp3) is 0.300. The molecule has 1 atom stereocenters. The Morgan fingerprint density at radius 2 is 1.87 bits per heavy atom. The van der Waals surface area contributed by atoms with E-state index in [1.165, 1.54) is 18.1 Å². The summed E-state index contributed by atoms with van der Waals surface area (Å²) in [6.45, 7) is 4.07. The third-order valence-corrected chi connectivity index (χ3v) is 5.05. The maximum atomic E-state index is 12.3. The summed E-state index contributed by atoms with van der Waals surface area (Å²) in [4.78, 5) is 24.3. The number of carbonyl (C=O) groups excluding carboxylic acids is 2. The van der Waals surface area contributed by atoms with Crippen LogP contribution in [-0.4, -0.2) is 18.1 Å². The molecule has 0 saturated heterocycles. The van der Waals surface area contributed by atoms with Gasteiger partial charge in [-0.1, -0.05) is 30.3 Å². The molecule has 1 unspecified atom stereocenters. The van der Waals surface area contributed by atoms with E-state index in [0.29, 0.717) is 17.2 Å². The number of ketones is 2. The van der Waals surface area contributed by atoms with Crippen LogP contribution in [-0.2, 0) is 12.8 Å². The first kappa shape index (κ1) is 14.3. The first-order valence-electron chi connectivity index (χ1n) is 8.11. The van der Waals surface area contributed by atoms with Crippen molar-refractivity contribution in [2.45, 2.75) is 32.7 Å². The molecule has 1 N–H and O–H groups in total. The Labute approximate surface area is 135 Å². The lowest BCUT2D eigenvalue weighted by Gasteiger charge is -2.35. The van der Waals surface area contributed by atoms with Crippen LogP contribution in [0.3, 0.4) is 0 Å². The van der Waals surface area contributed by atoms with Gasteiger partial charge in [-0.2, -0.15) is 0 Å². The van der Waals surface area contributed by atoms with Crippen molar-refractivity contribution in [3.8, 4) is 11.1 Å². The Morgan fingerprint density at radius 1 is 1.04 bits per heavy atom. The number of nitrogens with one attached hydrogen (secondary N) is 1. The molecule has 2 aromatic rings. The van der Waals surface area contributed by atoms with E-state index in [1.54, 1.807) is 6.92 Å². The van der Waals surface area contributed by atoms with E-state index in [2.05, 4.69) is 23.5 Å². The highest BCUT2D eigenvalue weighted by Gasteiger charge is 2.32. The normalized spacial score (nSPS) is 18.1. The summed E-state index contributed by atoms with van der Waals surface area (Å²) >= 11 is 0. The molecule has 1 heterocycles. The lowest BCUT2D eigenvalue weighted by atomic mass is 9.75. The molecule has 23 heavy (non-hydrogen) atoms. The second-order valence-corrected chi connectivity index (χ2v) is 6.47. The topological polar surface area (TPSA) is 46.2 Å². The Hall–Kier alpha value is -2.26. The Morgan fingerprint density at radius 3 is 2.61 bits per heavy atom. The number of Topliss-reactive ketones (excluding diaryl/α,β-unsaturated/α-hetero) is 2. The molecule has 2 aliphatic rings. The average molecular weight is 305 g/mol. The minimum absolute atomic E-state index is 0.0353. The van der Waals surface area contributed by atoms with Crippen molar-refractivity contribution in [1.29, 1.82) is 0 Å². The van der Waals surface area contributed by atoms with Crippen LogP contribution in [0.2, 0.25) is 0 Å². The van der Waals surface area contributed by atoms with Gasteiger partial charge in [-0.25, -0.2) is 0 Å². The molecule has 3 heteroatoms. The maximum absolute atomic E-state index is 12.3. The quantitative estimate of drug-likeness (QED) is 0.864. The van der Waals surface area contributed by atoms with Crippen molar-refractivity contribution in [3.05, 3.63) is 58.1 Å². The van der Waals surface area contributed by atoms with Crippen molar-refractivity contribution in [2.24, 2.45) is 0 Å². The van der Waals surface area contributed by atoms with Crippen LogP contribution in [0.15, 0.2) is 30.3 Å². The number of benzene rings is 2. The van der Waals surface area contributed by atoms with Gasteiger partial charge in [0.2, 0.25) is 0 Å². The van der Waals surface area contributed by atoms with Gasteiger partial charge < -0.3 is 5.32 Å². The molecule has 0 fully saturated rings. The van der Waals surface area contributed by atoms with Gasteiger partial charge in [0.05, 0.1) is 0 Å². The number of rotatable bonds is 2. The minimum Gasteiger partial charge on any atom is -0.309 e. The Bertz CT molecular complexity index is 851. The zero-order valence-corrected chi connectivity index (χ0v) is 13.4. The summed E-state index contributed by atoms with van der Waals surface area (Å²) in [5, 5.41) is 3.59. The van der Waals surface area contributed by atoms with Crippen molar-refractivity contribution in [3.63, 3.8) is 0 Å². The molecule has 0 amide bonds. The largest absolute Gasteiger partial charge is 0.309 e. The smallest absolute Gasteiger partial charge is 0.161 e. The summed E-state index contributed by atoms with van der Waals surface area (Å²) in [6, 6.07) is 10.5. The summed E-state index contributed by atoms with van der Waals surface area (Å²) in [6.07, 6.45) is 1.88. The summed E-state index contributed by atoms with van der Waals surface area (Å²) in [5.74, 6) is -0.0880. The van der Waals surface area contributed by atoms with E-state index in [9.17, 15) is 9.59 Å². The predicted octanol–water partition coefficient (Wildman–Crippen LogP) is 3.50. The van der Waals surface area contributed by atoms with Crippen LogP contribution >= 0.6 is 0 Å². The fourth-order valence-electron chi connectivity index (χ4n) is 4.12. The third-order valence-electron chi connectivity index (χ3n) is 5.05.